The number of hydrogen-bond acceptors (Lipinski definition) is 2. The number of hydrogen-bond donors (Lipinski definition) is 3. The number of benzene rings is 1. The number of halogens is 3. The van der Waals surface area contributed by atoms with Gasteiger partial charge in [-0.25, -0.2) is 4.99 Å². The Morgan fingerprint density at radius 2 is 2.14 bits per heavy atom. The van der Waals surface area contributed by atoms with Gasteiger partial charge in [0, 0.05) is 11.5 Å². The molecule has 122 valence electrons. The maximum atomic E-state index is 12.6. The molecule has 0 bridgehead atoms. The zero-order valence-corrected chi connectivity index (χ0v) is 12.5. The van der Waals surface area contributed by atoms with E-state index in [1.807, 2.05) is 13.8 Å². The van der Waals surface area contributed by atoms with Gasteiger partial charge < -0.3 is 16.2 Å². The van der Waals surface area contributed by atoms with Crippen molar-refractivity contribution < 1.29 is 18.3 Å². The Morgan fingerprint density at radius 1 is 1.45 bits per heavy atom. The summed E-state index contributed by atoms with van der Waals surface area (Å²) in [7, 11) is 0. The van der Waals surface area contributed by atoms with Crippen molar-refractivity contribution in [1.82, 2.24) is 5.32 Å². The zero-order chi connectivity index (χ0) is 16.5. The molecule has 1 aliphatic carbocycles. The Morgan fingerprint density at radius 3 is 2.68 bits per heavy atom. The molecule has 0 aliphatic heterocycles. The van der Waals surface area contributed by atoms with Crippen molar-refractivity contribution in [2.75, 3.05) is 0 Å². The van der Waals surface area contributed by atoms with Crippen LogP contribution in [0.1, 0.15) is 31.4 Å². The summed E-state index contributed by atoms with van der Waals surface area (Å²) in [6, 6.07) is 5.01. The minimum atomic E-state index is -4.37. The van der Waals surface area contributed by atoms with Gasteiger partial charge in [0.2, 0.25) is 0 Å². The zero-order valence-electron chi connectivity index (χ0n) is 12.5. The first-order chi connectivity index (χ1) is 10.1. The van der Waals surface area contributed by atoms with Crippen LogP contribution >= 0.6 is 0 Å². The lowest BCUT2D eigenvalue weighted by Gasteiger charge is -2.49. The van der Waals surface area contributed by atoms with Crippen molar-refractivity contribution in [1.29, 1.82) is 0 Å². The van der Waals surface area contributed by atoms with E-state index in [-0.39, 0.29) is 30.1 Å². The van der Waals surface area contributed by atoms with E-state index in [0.29, 0.717) is 12.0 Å². The Labute approximate surface area is 127 Å². The van der Waals surface area contributed by atoms with E-state index >= 15 is 0 Å². The molecule has 0 spiro atoms. The van der Waals surface area contributed by atoms with Crippen LogP contribution in [0, 0.1) is 5.41 Å². The molecule has 0 amide bonds. The van der Waals surface area contributed by atoms with E-state index in [2.05, 4.69) is 10.3 Å². The van der Waals surface area contributed by atoms with Crippen molar-refractivity contribution >= 4 is 5.96 Å². The third-order valence-electron chi connectivity index (χ3n) is 4.22. The molecule has 2 atom stereocenters. The van der Waals surface area contributed by atoms with E-state index in [4.69, 9.17) is 5.73 Å². The van der Waals surface area contributed by atoms with Crippen LogP contribution in [0.25, 0.3) is 0 Å². The van der Waals surface area contributed by atoms with Crippen molar-refractivity contribution in [3.05, 3.63) is 35.4 Å². The standard InChI is InChI=1S/C15H20F3N3O/c1-14(2)11(7-12(14)22)21-13(19)20-8-9-4-3-5-10(6-9)15(16,17)18/h3-6,11-12,22H,7-8H2,1-2H3,(H3,19,20,21). The third-order valence-corrected chi connectivity index (χ3v) is 4.22. The summed E-state index contributed by atoms with van der Waals surface area (Å²) >= 11 is 0. The predicted octanol–water partition coefficient (Wildman–Crippen LogP) is 2.27. The van der Waals surface area contributed by atoms with Crippen LogP contribution in [0.5, 0.6) is 0 Å². The van der Waals surface area contributed by atoms with E-state index in [9.17, 15) is 18.3 Å². The van der Waals surface area contributed by atoms with Crippen LogP contribution in [-0.2, 0) is 12.7 Å². The molecule has 1 saturated carbocycles. The topological polar surface area (TPSA) is 70.6 Å². The van der Waals surface area contributed by atoms with Crippen molar-refractivity contribution in [2.45, 2.75) is 45.1 Å². The molecular formula is C15H20F3N3O. The maximum Gasteiger partial charge on any atom is 0.416 e. The second-order valence-electron chi connectivity index (χ2n) is 6.17. The highest BCUT2D eigenvalue weighted by Gasteiger charge is 2.47. The van der Waals surface area contributed by atoms with Crippen LogP contribution in [0.2, 0.25) is 0 Å². The third kappa shape index (κ3) is 3.52. The van der Waals surface area contributed by atoms with Crippen LogP contribution in [0.15, 0.2) is 29.3 Å². The molecule has 22 heavy (non-hydrogen) atoms. The number of nitrogens with two attached hydrogens (primary N) is 1. The molecule has 1 aliphatic rings. The predicted molar refractivity (Wildman–Crippen MR) is 78.1 cm³/mol. The molecule has 0 radical (unpaired) electrons. The fourth-order valence-electron chi connectivity index (χ4n) is 2.39. The molecule has 4 N–H and O–H groups in total. The minimum Gasteiger partial charge on any atom is -0.392 e. The molecule has 1 aromatic rings. The van der Waals surface area contributed by atoms with Crippen LogP contribution < -0.4 is 11.1 Å². The quantitative estimate of drug-likeness (QED) is 0.592. The lowest BCUT2D eigenvalue weighted by molar-refractivity contribution is -0.137. The summed E-state index contributed by atoms with van der Waals surface area (Å²) in [4.78, 5) is 4.06. The second-order valence-corrected chi connectivity index (χ2v) is 6.17. The first-order valence-corrected chi connectivity index (χ1v) is 7.01. The van der Waals surface area contributed by atoms with Gasteiger partial charge in [0.05, 0.1) is 18.2 Å². The summed E-state index contributed by atoms with van der Waals surface area (Å²) in [5, 5.41) is 12.6. The second kappa shape index (κ2) is 5.79. The van der Waals surface area contributed by atoms with Gasteiger partial charge in [-0.3, -0.25) is 0 Å². The van der Waals surface area contributed by atoms with E-state index in [1.165, 1.54) is 6.07 Å². The van der Waals surface area contributed by atoms with E-state index in [1.54, 1.807) is 6.07 Å². The highest BCUT2D eigenvalue weighted by Crippen LogP contribution is 2.40. The number of aliphatic hydroxyl groups is 1. The number of alkyl halides is 3. The van der Waals surface area contributed by atoms with Gasteiger partial charge in [-0.15, -0.1) is 0 Å². The van der Waals surface area contributed by atoms with Gasteiger partial charge in [0.1, 0.15) is 0 Å². The van der Waals surface area contributed by atoms with Crippen LogP contribution in [0.3, 0.4) is 0 Å². The Balaban J connectivity index is 1.97. The lowest BCUT2D eigenvalue weighted by Crippen LogP contribution is -2.62. The molecule has 4 nitrogen and oxygen atoms in total. The number of aliphatic hydroxyl groups excluding tert-OH is 1. The first kappa shape index (κ1) is 16.6. The largest absolute Gasteiger partial charge is 0.416 e. The molecule has 1 fully saturated rings. The maximum absolute atomic E-state index is 12.6. The average molecular weight is 315 g/mol. The molecule has 1 aromatic carbocycles. The molecule has 0 heterocycles. The first-order valence-electron chi connectivity index (χ1n) is 7.01. The number of nitrogens with one attached hydrogen (secondary N) is 1. The Bertz CT molecular complexity index is 569. The van der Waals surface area contributed by atoms with Gasteiger partial charge in [-0.1, -0.05) is 26.0 Å². The van der Waals surface area contributed by atoms with E-state index in [0.717, 1.165) is 12.1 Å². The van der Waals surface area contributed by atoms with Crippen molar-refractivity contribution in [3.8, 4) is 0 Å². The summed E-state index contributed by atoms with van der Waals surface area (Å²) in [6.45, 7) is 3.90. The summed E-state index contributed by atoms with van der Waals surface area (Å²) in [5.74, 6) is 0.169. The monoisotopic (exact) mass is 315 g/mol. The SMILES string of the molecule is CC1(C)C(O)CC1NC(N)=NCc1cccc(C(F)(F)F)c1. The number of rotatable bonds is 3. The van der Waals surface area contributed by atoms with Crippen molar-refractivity contribution in [2.24, 2.45) is 16.1 Å². The van der Waals surface area contributed by atoms with Crippen molar-refractivity contribution in [3.63, 3.8) is 0 Å². The normalized spacial score (nSPS) is 24.7. The molecule has 2 rings (SSSR count). The van der Waals surface area contributed by atoms with Gasteiger partial charge in [0.25, 0.3) is 0 Å². The van der Waals surface area contributed by atoms with E-state index < -0.39 is 11.7 Å². The Kier molecular flexibility index (Phi) is 4.37. The number of guanidine groups is 1. The molecule has 2 unspecified atom stereocenters. The fourth-order valence-corrected chi connectivity index (χ4v) is 2.39. The number of nitrogens with zero attached hydrogens (tertiary/aromatic N) is 1. The highest BCUT2D eigenvalue weighted by molar-refractivity contribution is 5.78. The average Bonchev–Trinajstić information content (AvgIpc) is 2.44. The lowest BCUT2D eigenvalue weighted by atomic mass is 9.65. The van der Waals surface area contributed by atoms with Gasteiger partial charge in [-0.2, -0.15) is 13.2 Å². The number of aliphatic imine (C=N–C) groups is 1. The van der Waals surface area contributed by atoms with Gasteiger partial charge in [-0.05, 0) is 24.1 Å². The molecule has 0 aromatic heterocycles. The molecule has 0 saturated heterocycles. The minimum absolute atomic E-state index is 0.00718. The summed E-state index contributed by atoms with van der Waals surface area (Å²) in [5.41, 5.74) is 5.20. The fraction of sp³-hybridized carbons (Fsp3) is 0.533. The summed E-state index contributed by atoms with van der Waals surface area (Å²) < 4.78 is 37.9. The smallest absolute Gasteiger partial charge is 0.392 e. The van der Waals surface area contributed by atoms with Crippen LogP contribution in [0.4, 0.5) is 13.2 Å². The molecular weight excluding hydrogens is 295 g/mol. The highest BCUT2D eigenvalue weighted by atomic mass is 19.4. The van der Waals surface area contributed by atoms with Crippen LogP contribution in [-0.4, -0.2) is 23.2 Å². The molecule has 7 heteroatoms. The van der Waals surface area contributed by atoms with Gasteiger partial charge in [0.15, 0.2) is 5.96 Å². The van der Waals surface area contributed by atoms with Gasteiger partial charge >= 0.3 is 6.18 Å². The Hall–Kier alpha value is -1.76. The summed E-state index contributed by atoms with van der Waals surface area (Å²) in [6.07, 6.45) is -4.18.